The van der Waals surface area contributed by atoms with Gasteiger partial charge in [0.15, 0.2) is 5.76 Å². The first-order valence-corrected chi connectivity index (χ1v) is 7.33. The number of allylic oxidation sites excluding steroid dienone is 2. The molecule has 23 heavy (non-hydrogen) atoms. The van der Waals surface area contributed by atoms with Crippen LogP contribution < -0.4 is 0 Å². The number of halogens is 2. The maximum Gasteiger partial charge on any atom is 0.229 e. The second-order valence-corrected chi connectivity index (χ2v) is 5.78. The number of aliphatic hydroxyl groups excluding tert-OH is 1. The largest absolute Gasteiger partial charge is 0.504 e. The highest BCUT2D eigenvalue weighted by atomic mass is 35.5. The molecule has 0 aliphatic heterocycles. The van der Waals surface area contributed by atoms with Crippen molar-refractivity contribution in [1.82, 2.24) is 0 Å². The van der Waals surface area contributed by atoms with E-state index in [0.29, 0.717) is 5.56 Å². The Balaban J connectivity index is 2.20. The molecule has 1 aliphatic rings. The third-order valence-electron chi connectivity index (χ3n) is 3.52. The highest BCUT2D eigenvalue weighted by Crippen LogP contribution is 2.34. The lowest BCUT2D eigenvalue weighted by Crippen LogP contribution is -2.27. The van der Waals surface area contributed by atoms with Gasteiger partial charge in [-0.3, -0.25) is 15.0 Å². The van der Waals surface area contributed by atoms with Crippen LogP contribution in [0.3, 0.4) is 0 Å². The molecule has 6 heteroatoms. The Bertz CT molecular complexity index is 902. The van der Waals surface area contributed by atoms with E-state index in [1.54, 1.807) is 30.3 Å². The zero-order valence-electron chi connectivity index (χ0n) is 11.6. The lowest BCUT2D eigenvalue weighted by Gasteiger charge is -2.19. The van der Waals surface area contributed by atoms with E-state index >= 15 is 0 Å². The smallest absolute Gasteiger partial charge is 0.229 e. The molecule has 0 amide bonds. The van der Waals surface area contributed by atoms with Gasteiger partial charge in [-0.05, 0) is 12.1 Å². The number of nitrogens with one attached hydrogen (secondary N) is 1. The van der Waals surface area contributed by atoms with Crippen molar-refractivity contribution in [3.05, 3.63) is 80.5 Å². The van der Waals surface area contributed by atoms with Gasteiger partial charge in [-0.15, -0.1) is 0 Å². The molecular weight excluding hydrogens is 337 g/mol. The van der Waals surface area contributed by atoms with Gasteiger partial charge in [0, 0.05) is 16.1 Å². The summed E-state index contributed by atoms with van der Waals surface area (Å²) in [5, 5.41) is 18.5. The van der Waals surface area contributed by atoms with Gasteiger partial charge < -0.3 is 5.11 Å². The molecule has 3 rings (SSSR count). The molecule has 1 aliphatic carbocycles. The molecule has 0 heterocycles. The quantitative estimate of drug-likeness (QED) is 0.798. The molecule has 0 saturated carbocycles. The predicted octanol–water partition coefficient (Wildman–Crippen LogP) is 4.25. The Morgan fingerprint density at radius 2 is 1.65 bits per heavy atom. The molecule has 0 radical (unpaired) electrons. The van der Waals surface area contributed by atoms with Crippen molar-refractivity contribution in [2.75, 3.05) is 0 Å². The summed E-state index contributed by atoms with van der Waals surface area (Å²) in [7, 11) is 0. The summed E-state index contributed by atoms with van der Waals surface area (Å²) < 4.78 is 0. The van der Waals surface area contributed by atoms with E-state index in [-0.39, 0.29) is 32.5 Å². The number of hydrogen-bond donors (Lipinski definition) is 2. The van der Waals surface area contributed by atoms with Crippen LogP contribution in [0.4, 0.5) is 0 Å². The van der Waals surface area contributed by atoms with Crippen molar-refractivity contribution >= 4 is 40.5 Å². The minimum absolute atomic E-state index is 0.0108. The molecule has 0 unspecified atom stereocenters. The Morgan fingerprint density at radius 3 is 2.30 bits per heavy atom. The first-order valence-electron chi connectivity index (χ1n) is 6.58. The van der Waals surface area contributed by atoms with E-state index in [4.69, 9.17) is 28.6 Å². The van der Waals surface area contributed by atoms with Crippen LogP contribution in [-0.2, 0) is 0 Å². The van der Waals surface area contributed by atoms with Gasteiger partial charge in [0.05, 0.1) is 21.9 Å². The lowest BCUT2D eigenvalue weighted by atomic mass is 9.84. The summed E-state index contributed by atoms with van der Waals surface area (Å²) in [4.78, 5) is 25.0. The van der Waals surface area contributed by atoms with Crippen LogP contribution in [0.5, 0.6) is 0 Å². The SMILES string of the molecule is N=C(C1=C(O)C(=O)c2cc(Cl)cc(Cl)c2C1=O)c1ccccc1. The van der Waals surface area contributed by atoms with Crippen molar-refractivity contribution in [1.29, 1.82) is 5.41 Å². The molecule has 0 atom stereocenters. The fraction of sp³-hybridized carbons (Fsp3) is 0. The van der Waals surface area contributed by atoms with Crippen molar-refractivity contribution in [2.45, 2.75) is 0 Å². The van der Waals surface area contributed by atoms with Crippen molar-refractivity contribution < 1.29 is 14.7 Å². The van der Waals surface area contributed by atoms with Gasteiger partial charge in [0.25, 0.3) is 0 Å². The molecule has 2 aromatic rings. The Morgan fingerprint density at radius 1 is 1.00 bits per heavy atom. The van der Waals surface area contributed by atoms with E-state index in [1.807, 2.05) is 0 Å². The fourth-order valence-electron chi connectivity index (χ4n) is 2.44. The van der Waals surface area contributed by atoms with Crippen molar-refractivity contribution in [2.24, 2.45) is 0 Å². The second kappa shape index (κ2) is 5.65. The zero-order valence-corrected chi connectivity index (χ0v) is 13.1. The van der Waals surface area contributed by atoms with E-state index in [0.717, 1.165) is 0 Å². The summed E-state index contributed by atoms with van der Waals surface area (Å²) in [5.41, 5.74) is -0.302. The monoisotopic (exact) mass is 345 g/mol. The fourth-order valence-corrected chi connectivity index (χ4v) is 3.02. The van der Waals surface area contributed by atoms with Crippen LogP contribution in [0.15, 0.2) is 53.8 Å². The third kappa shape index (κ3) is 2.46. The maximum atomic E-state index is 12.7. The Hall–Kier alpha value is -2.43. The first-order chi connectivity index (χ1) is 10.9. The zero-order chi connectivity index (χ0) is 16.7. The topological polar surface area (TPSA) is 78.2 Å². The van der Waals surface area contributed by atoms with Crippen LogP contribution in [0.25, 0.3) is 0 Å². The predicted molar refractivity (Wildman–Crippen MR) is 88.0 cm³/mol. The number of ketones is 2. The number of carbonyl (C=O) groups excluding carboxylic acids is 2. The van der Waals surface area contributed by atoms with E-state index in [1.165, 1.54) is 12.1 Å². The van der Waals surface area contributed by atoms with Gasteiger partial charge in [0.2, 0.25) is 11.6 Å². The number of Topliss-reactive ketones (excluding diaryl/α,β-unsaturated/α-hetero) is 2. The van der Waals surface area contributed by atoms with Gasteiger partial charge in [-0.1, -0.05) is 53.5 Å². The highest BCUT2D eigenvalue weighted by molar-refractivity contribution is 6.45. The molecule has 114 valence electrons. The average molecular weight is 346 g/mol. The summed E-state index contributed by atoms with van der Waals surface area (Å²) in [6, 6.07) is 11.0. The molecule has 2 N–H and O–H groups in total. The molecule has 0 bridgehead atoms. The Kier molecular flexibility index (Phi) is 3.80. The minimum Gasteiger partial charge on any atom is -0.504 e. The van der Waals surface area contributed by atoms with Crippen LogP contribution in [0.2, 0.25) is 10.0 Å². The highest BCUT2D eigenvalue weighted by Gasteiger charge is 2.36. The molecule has 0 fully saturated rings. The number of hydrogen-bond acceptors (Lipinski definition) is 4. The van der Waals surface area contributed by atoms with Gasteiger partial charge in [-0.25, -0.2) is 0 Å². The normalized spacial score (nSPS) is 14.0. The summed E-state index contributed by atoms with van der Waals surface area (Å²) in [6.07, 6.45) is 0. The van der Waals surface area contributed by atoms with Gasteiger partial charge >= 0.3 is 0 Å². The number of benzene rings is 2. The Labute approximate surface area is 141 Å². The number of carbonyl (C=O) groups is 2. The van der Waals surface area contributed by atoms with Crippen molar-refractivity contribution in [3.63, 3.8) is 0 Å². The van der Waals surface area contributed by atoms with Crippen LogP contribution in [-0.4, -0.2) is 22.4 Å². The third-order valence-corrected chi connectivity index (χ3v) is 4.03. The van der Waals surface area contributed by atoms with E-state index < -0.39 is 17.3 Å². The summed E-state index contributed by atoms with van der Waals surface area (Å²) in [6.45, 7) is 0. The van der Waals surface area contributed by atoms with Gasteiger partial charge in [0.1, 0.15) is 0 Å². The average Bonchev–Trinajstić information content (AvgIpc) is 2.52. The van der Waals surface area contributed by atoms with E-state index in [2.05, 4.69) is 0 Å². The number of fused-ring (bicyclic) bond motifs is 1. The van der Waals surface area contributed by atoms with Gasteiger partial charge in [-0.2, -0.15) is 0 Å². The lowest BCUT2D eigenvalue weighted by molar-refractivity contribution is 0.0934. The van der Waals surface area contributed by atoms with E-state index in [9.17, 15) is 14.7 Å². The molecule has 0 saturated heterocycles. The summed E-state index contributed by atoms with van der Waals surface area (Å²) >= 11 is 11.9. The number of rotatable bonds is 2. The number of aliphatic hydroxyl groups is 1. The first kappa shape index (κ1) is 15.5. The molecule has 0 spiro atoms. The molecule has 4 nitrogen and oxygen atoms in total. The van der Waals surface area contributed by atoms with Crippen LogP contribution in [0.1, 0.15) is 26.3 Å². The molecular formula is C17H9Cl2NO3. The maximum absolute atomic E-state index is 12.7. The minimum atomic E-state index is -0.778. The molecule has 2 aromatic carbocycles. The van der Waals surface area contributed by atoms with Crippen LogP contribution in [0, 0.1) is 5.41 Å². The van der Waals surface area contributed by atoms with Crippen molar-refractivity contribution in [3.8, 4) is 0 Å². The van der Waals surface area contributed by atoms with Crippen LogP contribution >= 0.6 is 23.2 Å². The molecule has 0 aromatic heterocycles. The second-order valence-electron chi connectivity index (χ2n) is 4.93. The standard InChI is InChI=1S/C17H9Cl2NO3/c18-9-6-10-12(11(19)7-9)16(22)13(17(23)15(10)21)14(20)8-4-2-1-3-5-8/h1-7,20,23H. The summed E-state index contributed by atoms with van der Waals surface area (Å²) in [5.74, 6) is -2.22.